The summed E-state index contributed by atoms with van der Waals surface area (Å²) < 4.78 is 0. The van der Waals surface area contributed by atoms with E-state index in [-0.39, 0.29) is 0 Å². The van der Waals surface area contributed by atoms with Crippen LogP contribution in [0, 0.1) is 0 Å². The van der Waals surface area contributed by atoms with Gasteiger partial charge >= 0.3 is 0 Å². The molecule has 2 rings (SSSR count). The van der Waals surface area contributed by atoms with E-state index in [4.69, 9.17) is 28.0 Å². The molecule has 0 heterocycles. The molecule has 4 heteroatoms. The maximum Gasteiger partial charge on any atom is 0.142 e. The van der Waals surface area contributed by atoms with Crippen molar-refractivity contribution in [3.05, 3.63) is 69.7 Å². The second kappa shape index (κ2) is 6.43. The minimum Gasteiger partial charge on any atom is -0.390 e. The third-order valence-electron chi connectivity index (χ3n) is 2.18. The monoisotopic (exact) mass is 278 g/mol. The zero-order valence-electron chi connectivity index (χ0n) is 9.44. The molecular formula is C14H10Cl2NO. The minimum atomic E-state index is 0.355. The average Bonchev–Trinajstić information content (AvgIpc) is 2.35. The van der Waals surface area contributed by atoms with Crippen LogP contribution in [0.2, 0.25) is 10.0 Å². The van der Waals surface area contributed by atoms with Crippen molar-refractivity contribution in [2.24, 2.45) is 5.16 Å². The molecule has 0 saturated heterocycles. The van der Waals surface area contributed by atoms with Gasteiger partial charge in [0.25, 0.3) is 0 Å². The molecule has 0 fully saturated rings. The fraction of sp³-hybridized carbons (Fsp3) is 0.0714. The first-order valence-corrected chi connectivity index (χ1v) is 6.08. The van der Waals surface area contributed by atoms with Crippen LogP contribution in [-0.2, 0) is 11.4 Å². The van der Waals surface area contributed by atoms with Crippen molar-refractivity contribution in [3.8, 4) is 0 Å². The summed E-state index contributed by atoms with van der Waals surface area (Å²) in [5.41, 5.74) is 1.73. The fourth-order valence-corrected chi connectivity index (χ4v) is 1.78. The highest BCUT2D eigenvalue weighted by Crippen LogP contribution is 2.12. The molecule has 2 aromatic carbocycles. The summed E-state index contributed by atoms with van der Waals surface area (Å²) in [5.74, 6) is 0. The molecule has 1 radical (unpaired) electrons. The van der Waals surface area contributed by atoms with E-state index in [0.29, 0.717) is 16.7 Å². The van der Waals surface area contributed by atoms with E-state index in [1.54, 1.807) is 12.1 Å². The lowest BCUT2D eigenvalue weighted by molar-refractivity contribution is 0.132. The molecule has 0 unspecified atom stereocenters. The predicted octanol–water partition coefficient (Wildman–Crippen LogP) is 4.42. The van der Waals surface area contributed by atoms with E-state index in [0.717, 1.165) is 11.1 Å². The second-order valence-electron chi connectivity index (χ2n) is 3.62. The predicted molar refractivity (Wildman–Crippen MR) is 74.2 cm³/mol. The zero-order chi connectivity index (χ0) is 12.8. The maximum atomic E-state index is 5.85. The van der Waals surface area contributed by atoms with E-state index in [1.807, 2.05) is 36.4 Å². The molecule has 0 aliphatic rings. The van der Waals surface area contributed by atoms with E-state index in [1.165, 1.54) is 0 Å². The van der Waals surface area contributed by atoms with Crippen molar-refractivity contribution in [1.82, 2.24) is 0 Å². The zero-order valence-corrected chi connectivity index (χ0v) is 10.9. The highest BCUT2D eigenvalue weighted by molar-refractivity contribution is 6.31. The molecule has 2 nitrogen and oxygen atoms in total. The van der Waals surface area contributed by atoms with Crippen LogP contribution in [-0.4, -0.2) is 6.21 Å². The summed E-state index contributed by atoms with van der Waals surface area (Å²) >= 11 is 11.7. The van der Waals surface area contributed by atoms with Gasteiger partial charge in [-0.05, 0) is 29.8 Å². The van der Waals surface area contributed by atoms with E-state index in [9.17, 15) is 0 Å². The SMILES string of the molecule is Clc1cccc(/[C]=N\OCc2cccc(Cl)c2)c1. The molecule has 0 spiro atoms. The van der Waals surface area contributed by atoms with Crippen LogP contribution >= 0.6 is 23.2 Å². The maximum absolute atomic E-state index is 5.85. The molecule has 0 aromatic heterocycles. The Hall–Kier alpha value is -1.51. The van der Waals surface area contributed by atoms with E-state index in [2.05, 4.69) is 11.4 Å². The lowest BCUT2D eigenvalue weighted by atomic mass is 10.2. The van der Waals surface area contributed by atoms with Gasteiger partial charge in [-0.25, -0.2) is 0 Å². The van der Waals surface area contributed by atoms with Gasteiger partial charge in [-0.15, -0.1) is 0 Å². The first-order valence-electron chi connectivity index (χ1n) is 5.32. The van der Waals surface area contributed by atoms with Crippen LogP contribution in [0.3, 0.4) is 0 Å². The van der Waals surface area contributed by atoms with Gasteiger partial charge in [0.1, 0.15) is 12.8 Å². The molecule has 0 saturated carbocycles. The van der Waals surface area contributed by atoms with Crippen LogP contribution < -0.4 is 0 Å². The van der Waals surface area contributed by atoms with E-state index >= 15 is 0 Å². The van der Waals surface area contributed by atoms with Crippen LogP contribution in [0.1, 0.15) is 11.1 Å². The van der Waals surface area contributed by atoms with Crippen LogP contribution in [0.25, 0.3) is 0 Å². The van der Waals surface area contributed by atoms with Crippen molar-refractivity contribution in [3.63, 3.8) is 0 Å². The van der Waals surface area contributed by atoms with E-state index < -0.39 is 0 Å². The summed E-state index contributed by atoms with van der Waals surface area (Å²) in [7, 11) is 0. The molecule has 0 aliphatic heterocycles. The van der Waals surface area contributed by atoms with Crippen LogP contribution in [0.4, 0.5) is 0 Å². The Labute approximate surface area is 116 Å². The van der Waals surface area contributed by atoms with Crippen molar-refractivity contribution in [1.29, 1.82) is 0 Å². The smallest absolute Gasteiger partial charge is 0.142 e. The highest BCUT2D eigenvalue weighted by atomic mass is 35.5. The van der Waals surface area contributed by atoms with Crippen LogP contribution in [0.15, 0.2) is 53.7 Å². The number of rotatable bonds is 4. The summed E-state index contributed by atoms with van der Waals surface area (Å²) in [6.07, 6.45) is 2.76. The van der Waals surface area contributed by atoms with Crippen molar-refractivity contribution >= 4 is 29.4 Å². The van der Waals surface area contributed by atoms with Gasteiger partial charge in [0.15, 0.2) is 0 Å². The number of benzene rings is 2. The second-order valence-corrected chi connectivity index (χ2v) is 4.49. The van der Waals surface area contributed by atoms with Gasteiger partial charge in [-0.3, -0.25) is 0 Å². The normalized spacial score (nSPS) is 10.8. The summed E-state index contributed by atoms with van der Waals surface area (Å²) in [4.78, 5) is 5.13. The summed E-state index contributed by atoms with van der Waals surface area (Å²) in [5, 5.41) is 5.08. The fourth-order valence-electron chi connectivity index (χ4n) is 1.38. The Balaban J connectivity index is 1.89. The van der Waals surface area contributed by atoms with Crippen molar-refractivity contribution in [2.75, 3.05) is 0 Å². The first kappa shape index (κ1) is 12.9. The molecule has 0 amide bonds. The van der Waals surface area contributed by atoms with Crippen LogP contribution in [0.5, 0.6) is 0 Å². The van der Waals surface area contributed by atoms with Gasteiger partial charge < -0.3 is 4.84 Å². The highest BCUT2D eigenvalue weighted by Gasteiger charge is 1.94. The Kier molecular flexibility index (Phi) is 4.62. The third kappa shape index (κ3) is 4.06. The molecule has 0 aliphatic carbocycles. The lowest BCUT2D eigenvalue weighted by Gasteiger charge is -1.99. The van der Waals surface area contributed by atoms with Gasteiger partial charge in [0.05, 0.1) is 0 Å². The lowest BCUT2D eigenvalue weighted by Crippen LogP contribution is -1.88. The summed E-state index contributed by atoms with van der Waals surface area (Å²) in [6, 6.07) is 14.7. The number of hydrogen-bond acceptors (Lipinski definition) is 2. The van der Waals surface area contributed by atoms with Gasteiger partial charge in [-0.2, -0.15) is 0 Å². The molecule has 0 bridgehead atoms. The number of nitrogens with zero attached hydrogens (tertiary/aromatic N) is 1. The molecule has 2 aromatic rings. The van der Waals surface area contributed by atoms with Gasteiger partial charge in [-0.1, -0.05) is 52.6 Å². The van der Waals surface area contributed by atoms with Gasteiger partial charge in [0, 0.05) is 15.6 Å². The Morgan fingerprint density at radius 1 is 1.00 bits per heavy atom. The molecule has 0 N–H and O–H groups in total. The number of hydrogen-bond donors (Lipinski definition) is 0. The Morgan fingerprint density at radius 2 is 1.72 bits per heavy atom. The first-order chi connectivity index (χ1) is 8.74. The Morgan fingerprint density at radius 3 is 2.44 bits per heavy atom. The third-order valence-corrected chi connectivity index (χ3v) is 2.65. The van der Waals surface area contributed by atoms with Gasteiger partial charge in [0.2, 0.25) is 0 Å². The standard InChI is InChI=1S/C14H10Cl2NO/c15-13-5-1-3-11(7-13)9-17-18-10-12-4-2-6-14(16)8-12/h1-8H,10H2. The Bertz CT molecular complexity index is 555. The molecule has 18 heavy (non-hydrogen) atoms. The largest absolute Gasteiger partial charge is 0.390 e. The van der Waals surface area contributed by atoms with Crippen molar-refractivity contribution in [2.45, 2.75) is 6.61 Å². The summed E-state index contributed by atoms with van der Waals surface area (Å²) in [6.45, 7) is 0.355. The topological polar surface area (TPSA) is 21.6 Å². The molecule has 0 atom stereocenters. The van der Waals surface area contributed by atoms with Crippen molar-refractivity contribution < 1.29 is 4.84 Å². The molecular weight excluding hydrogens is 269 g/mol. The minimum absolute atomic E-state index is 0.355. The molecule has 91 valence electrons. The average molecular weight is 279 g/mol. The quantitative estimate of drug-likeness (QED) is 0.599. The number of halogens is 2.